The van der Waals surface area contributed by atoms with Crippen molar-refractivity contribution in [3.63, 3.8) is 0 Å². The highest BCUT2D eigenvalue weighted by atomic mass is 16.2. The maximum atomic E-state index is 12.7. The number of hydrogen-bond acceptors (Lipinski definition) is 1. The van der Waals surface area contributed by atoms with Crippen LogP contribution in [0.2, 0.25) is 0 Å². The van der Waals surface area contributed by atoms with E-state index in [1.807, 2.05) is 42.5 Å². The van der Waals surface area contributed by atoms with E-state index in [-0.39, 0.29) is 5.91 Å². The number of nitrogens with one attached hydrogen (secondary N) is 1. The van der Waals surface area contributed by atoms with Gasteiger partial charge in [-0.3, -0.25) is 4.79 Å². The third kappa shape index (κ3) is 1.86. The number of rotatable bonds is 1. The van der Waals surface area contributed by atoms with E-state index in [0.717, 1.165) is 23.3 Å². The van der Waals surface area contributed by atoms with Crippen molar-refractivity contribution in [1.82, 2.24) is 9.88 Å². The number of fused-ring (bicyclic) bond motifs is 3. The van der Waals surface area contributed by atoms with Crippen LogP contribution in [-0.2, 0) is 6.42 Å². The number of para-hydroxylation sites is 1. The van der Waals surface area contributed by atoms with Gasteiger partial charge in [-0.05, 0) is 30.2 Å². The molecule has 0 aliphatic carbocycles. The highest BCUT2D eigenvalue weighted by Gasteiger charge is 2.27. The Labute approximate surface area is 128 Å². The molecule has 0 fully saturated rings. The van der Waals surface area contributed by atoms with Gasteiger partial charge in [-0.25, -0.2) is 0 Å². The molecule has 2 aromatic carbocycles. The molecule has 3 nitrogen and oxygen atoms in total. The zero-order valence-corrected chi connectivity index (χ0v) is 12.2. The molecule has 22 heavy (non-hydrogen) atoms. The average Bonchev–Trinajstić information content (AvgIpc) is 2.95. The van der Waals surface area contributed by atoms with Crippen LogP contribution in [0.3, 0.4) is 0 Å². The molecule has 0 unspecified atom stereocenters. The summed E-state index contributed by atoms with van der Waals surface area (Å²) in [7, 11) is 0. The normalized spacial score (nSPS) is 14.2. The molecule has 108 valence electrons. The summed E-state index contributed by atoms with van der Waals surface area (Å²) in [6.07, 6.45) is 0.844. The Balaban J connectivity index is 1.75. The zero-order chi connectivity index (χ0) is 15.1. The predicted molar refractivity (Wildman–Crippen MR) is 88.5 cm³/mol. The van der Waals surface area contributed by atoms with Crippen molar-refractivity contribution in [2.75, 3.05) is 6.54 Å². The van der Waals surface area contributed by atoms with Gasteiger partial charge in [0.1, 0.15) is 0 Å². The standard InChI is InChI=1S/C19H16N2O/c1-13-18-16(15-9-5-6-10-17(15)20-18)11-12-21(13)19(22)14-7-3-2-4-8-14/h2-10,20H,1,11-12H2. The number of carbonyl (C=O) groups excluding carboxylic acids is 1. The topological polar surface area (TPSA) is 36.1 Å². The van der Waals surface area contributed by atoms with Crippen molar-refractivity contribution < 1.29 is 4.79 Å². The molecule has 1 amide bonds. The second kappa shape index (κ2) is 4.88. The first-order valence-corrected chi connectivity index (χ1v) is 7.41. The minimum Gasteiger partial charge on any atom is -0.353 e. The molecule has 1 aliphatic rings. The molecule has 0 radical (unpaired) electrons. The first-order chi connectivity index (χ1) is 10.8. The van der Waals surface area contributed by atoms with Gasteiger partial charge in [0.15, 0.2) is 0 Å². The van der Waals surface area contributed by atoms with Crippen molar-refractivity contribution in [3.8, 4) is 0 Å². The summed E-state index contributed by atoms with van der Waals surface area (Å²) in [4.78, 5) is 17.9. The Bertz CT molecular complexity index is 877. The third-order valence-corrected chi connectivity index (χ3v) is 4.28. The number of aromatic amines is 1. The Morgan fingerprint density at radius 2 is 1.77 bits per heavy atom. The summed E-state index contributed by atoms with van der Waals surface area (Å²) in [6.45, 7) is 4.82. The molecule has 2 heterocycles. The predicted octanol–water partition coefficient (Wildman–Crippen LogP) is 3.84. The average molecular weight is 288 g/mol. The van der Waals surface area contributed by atoms with E-state index in [9.17, 15) is 4.79 Å². The smallest absolute Gasteiger partial charge is 0.258 e. The fourth-order valence-electron chi connectivity index (χ4n) is 3.16. The molecule has 1 aliphatic heterocycles. The van der Waals surface area contributed by atoms with Crippen LogP contribution in [0.5, 0.6) is 0 Å². The third-order valence-electron chi connectivity index (χ3n) is 4.28. The van der Waals surface area contributed by atoms with Gasteiger partial charge in [-0.1, -0.05) is 43.0 Å². The number of hydrogen-bond donors (Lipinski definition) is 1. The SMILES string of the molecule is C=C1c2[nH]c3ccccc3c2CCN1C(=O)c1ccccc1. The molecule has 0 saturated carbocycles. The second-order valence-electron chi connectivity index (χ2n) is 5.54. The largest absolute Gasteiger partial charge is 0.353 e. The molecule has 3 aromatic rings. The van der Waals surface area contributed by atoms with Crippen molar-refractivity contribution >= 4 is 22.5 Å². The number of H-pyrrole nitrogens is 1. The Morgan fingerprint density at radius 1 is 1.05 bits per heavy atom. The molecule has 1 aromatic heterocycles. The first kappa shape index (κ1) is 12.9. The van der Waals surface area contributed by atoms with Gasteiger partial charge in [0.2, 0.25) is 0 Å². The lowest BCUT2D eigenvalue weighted by molar-refractivity contribution is 0.0833. The molecule has 0 atom stereocenters. The van der Waals surface area contributed by atoms with E-state index >= 15 is 0 Å². The summed E-state index contributed by atoms with van der Waals surface area (Å²) < 4.78 is 0. The molecule has 0 saturated heterocycles. The van der Waals surface area contributed by atoms with E-state index in [4.69, 9.17) is 0 Å². The lowest BCUT2D eigenvalue weighted by Gasteiger charge is -2.29. The van der Waals surface area contributed by atoms with Crippen LogP contribution in [0, 0.1) is 0 Å². The molecule has 4 rings (SSSR count). The minimum atomic E-state index is 0.00917. The van der Waals surface area contributed by atoms with Crippen LogP contribution in [0.15, 0.2) is 61.2 Å². The number of amides is 1. The first-order valence-electron chi connectivity index (χ1n) is 7.41. The minimum absolute atomic E-state index is 0.00917. The van der Waals surface area contributed by atoms with Crippen LogP contribution in [0.4, 0.5) is 0 Å². The molecule has 0 spiro atoms. The molecular formula is C19H16N2O. The Kier molecular flexibility index (Phi) is 2.86. The van der Waals surface area contributed by atoms with Crippen molar-refractivity contribution in [1.29, 1.82) is 0 Å². The number of aromatic nitrogens is 1. The van der Waals surface area contributed by atoms with Gasteiger partial charge in [0, 0.05) is 23.0 Å². The van der Waals surface area contributed by atoms with Crippen molar-refractivity contribution in [2.24, 2.45) is 0 Å². The maximum absolute atomic E-state index is 12.7. The summed E-state index contributed by atoms with van der Waals surface area (Å²) >= 11 is 0. The number of nitrogens with zero attached hydrogens (tertiary/aromatic N) is 1. The summed E-state index contributed by atoms with van der Waals surface area (Å²) in [5.74, 6) is 0.00917. The van der Waals surface area contributed by atoms with Gasteiger partial charge in [-0.15, -0.1) is 0 Å². The second-order valence-corrected chi connectivity index (χ2v) is 5.54. The fourth-order valence-corrected chi connectivity index (χ4v) is 3.16. The Morgan fingerprint density at radius 3 is 2.59 bits per heavy atom. The van der Waals surface area contributed by atoms with Crippen molar-refractivity contribution in [2.45, 2.75) is 6.42 Å². The quantitative estimate of drug-likeness (QED) is 0.725. The van der Waals surface area contributed by atoms with Gasteiger partial charge in [0.05, 0.1) is 11.4 Å². The van der Waals surface area contributed by atoms with E-state index < -0.39 is 0 Å². The fraction of sp³-hybridized carbons (Fsp3) is 0.105. The van der Waals surface area contributed by atoms with Crippen molar-refractivity contribution in [3.05, 3.63) is 78.0 Å². The van der Waals surface area contributed by atoms with E-state index in [1.165, 1.54) is 10.9 Å². The van der Waals surface area contributed by atoms with E-state index in [0.29, 0.717) is 12.1 Å². The highest BCUT2D eigenvalue weighted by Crippen LogP contribution is 2.33. The van der Waals surface area contributed by atoms with Gasteiger partial charge in [-0.2, -0.15) is 0 Å². The highest BCUT2D eigenvalue weighted by molar-refractivity contribution is 6.01. The van der Waals surface area contributed by atoms with Crippen LogP contribution < -0.4 is 0 Å². The van der Waals surface area contributed by atoms with Crippen LogP contribution in [0.1, 0.15) is 21.6 Å². The lowest BCUT2D eigenvalue weighted by atomic mass is 10.0. The van der Waals surface area contributed by atoms with Crippen LogP contribution in [-0.4, -0.2) is 22.3 Å². The summed E-state index contributed by atoms with van der Waals surface area (Å²) in [5.41, 5.74) is 4.80. The Hall–Kier alpha value is -2.81. The molecule has 3 heteroatoms. The van der Waals surface area contributed by atoms with Crippen LogP contribution in [0.25, 0.3) is 16.6 Å². The zero-order valence-electron chi connectivity index (χ0n) is 12.2. The lowest BCUT2D eigenvalue weighted by Crippen LogP contribution is -2.34. The monoisotopic (exact) mass is 288 g/mol. The molecule has 1 N–H and O–H groups in total. The molecule has 0 bridgehead atoms. The summed E-state index contributed by atoms with van der Waals surface area (Å²) in [6, 6.07) is 17.6. The van der Waals surface area contributed by atoms with Crippen LogP contribution >= 0.6 is 0 Å². The number of benzene rings is 2. The van der Waals surface area contributed by atoms with E-state index in [2.05, 4.69) is 23.7 Å². The van der Waals surface area contributed by atoms with Gasteiger partial charge < -0.3 is 9.88 Å². The number of carbonyl (C=O) groups is 1. The van der Waals surface area contributed by atoms with Gasteiger partial charge >= 0.3 is 0 Å². The molecular weight excluding hydrogens is 272 g/mol. The summed E-state index contributed by atoms with van der Waals surface area (Å²) in [5, 5.41) is 1.23. The van der Waals surface area contributed by atoms with Gasteiger partial charge in [0.25, 0.3) is 5.91 Å². The van der Waals surface area contributed by atoms with E-state index in [1.54, 1.807) is 4.90 Å². The maximum Gasteiger partial charge on any atom is 0.258 e.